The van der Waals surface area contributed by atoms with E-state index in [4.69, 9.17) is 26.2 Å². The van der Waals surface area contributed by atoms with E-state index in [1.807, 2.05) is 0 Å². The molecule has 5 rings (SSSR count). The molecule has 38 heavy (non-hydrogen) atoms. The maximum atomic E-state index is 7.52. The minimum atomic E-state index is -2.56. The third-order valence-electron chi connectivity index (χ3n) is 10.3. The lowest BCUT2D eigenvalue weighted by atomic mass is 9.81. The summed E-state index contributed by atoms with van der Waals surface area (Å²) in [4.78, 5) is 0. The van der Waals surface area contributed by atoms with Crippen LogP contribution < -0.4 is 0 Å². The van der Waals surface area contributed by atoms with E-state index < -0.39 is 34.7 Å². The summed E-state index contributed by atoms with van der Waals surface area (Å²) in [6.07, 6.45) is 13.3. The predicted molar refractivity (Wildman–Crippen MR) is 161 cm³/mol. The standard InChI is InChI=1S/C28H54O6Si4/c1-7-28(21-30-22-28)20-29-14-11-17-37(5)33-36(3,4)31-15-8-9-16-35(2)32-38(6,34-37)27-19-23-18-26(27)25-13-10-12-24(23)25/h10,12,23-27,35H,7-9,11,13-22H2,1-6H3. The zero-order chi connectivity index (χ0) is 27.0. The SMILES string of the molecule is CCC1(COCCC[Si]2(C)O[Si](C)(C)OCCCC[SiH](C)O[Si](C)(C3CC4CC3C3CC=CC43)O2)COC1. The van der Waals surface area contributed by atoms with Gasteiger partial charge in [0.05, 0.1) is 19.8 Å². The topological polar surface area (TPSA) is 55.4 Å². The molecule has 0 radical (unpaired) electrons. The first kappa shape index (κ1) is 29.8. The highest BCUT2D eigenvalue weighted by molar-refractivity contribution is 6.87. The van der Waals surface area contributed by atoms with E-state index >= 15 is 0 Å². The van der Waals surface area contributed by atoms with Crippen LogP contribution in [0.5, 0.6) is 0 Å². The van der Waals surface area contributed by atoms with Crippen molar-refractivity contribution in [1.82, 2.24) is 0 Å². The quantitative estimate of drug-likeness (QED) is 0.181. The smallest absolute Gasteiger partial charge is 0.322 e. The van der Waals surface area contributed by atoms with Crippen LogP contribution in [-0.2, 0) is 26.2 Å². The summed E-state index contributed by atoms with van der Waals surface area (Å²) in [6.45, 7) is 17.9. The van der Waals surface area contributed by atoms with Crippen LogP contribution in [0.25, 0.3) is 0 Å². The molecule has 0 amide bonds. The zero-order valence-corrected chi connectivity index (χ0v) is 29.1. The monoisotopic (exact) mass is 598 g/mol. The van der Waals surface area contributed by atoms with Gasteiger partial charge in [0.15, 0.2) is 9.04 Å². The Morgan fingerprint density at radius 3 is 2.61 bits per heavy atom. The first-order chi connectivity index (χ1) is 18.1. The minimum Gasteiger partial charge on any atom is -0.439 e. The summed E-state index contributed by atoms with van der Waals surface area (Å²) in [5.74, 6) is 3.25. The van der Waals surface area contributed by atoms with Crippen molar-refractivity contribution >= 4 is 34.7 Å². The van der Waals surface area contributed by atoms with Crippen molar-refractivity contribution in [3.8, 4) is 0 Å². The van der Waals surface area contributed by atoms with Gasteiger partial charge in [-0.2, -0.15) is 0 Å². The van der Waals surface area contributed by atoms with Gasteiger partial charge < -0.3 is 26.2 Å². The lowest BCUT2D eigenvalue weighted by Crippen LogP contribution is -2.61. The highest BCUT2D eigenvalue weighted by Gasteiger charge is 2.61. The van der Waals surface area contributed by atoms with Crippen LogP contribution in [0.4, 0.5) is 0 Å². The molecule has 218 valence electrons. The minimum absolute atomic E-state index is 0.235. The van der Waals surface area contributed by atoms with Gasteiger partial charge in [-0.25, -0.2) is 0 Å². The van der Waals surface area contributed by atoms with Crippen molar-refractivity contribution in [2.45, 2.75) is 102 Å². The molecular formula is C28H54O6Si4. The maximum Gasteiger partial charge on any atom is 0.322 e. The fraction of sp³-hybridized carbons (Fsp3) is 0.929. The molecular weight excluding hydrogens is 545 g/mol. The second-order valence-electron chi connectivity index (χ2n) is 13.9. The molecule has 8 atom stereocenters. The van der Waals surface area contributed by atoms with Crippen LogP contribution in [0, 0.1) is 29.1 Å². The lowest BCUT2D eigenvalue weighted by molar-refractivity contribution is -0.150. The summed E-state index contributed by atoms with van der Waals surface area (Å²) in [5, 5.41) is 0. The Bertz CT molecular complexity index is 835. The van der Waals surface area contributed by atoms with Crippen molar-refractivity contribution < 1.29 is 26.2 Å². The molecule has 8 unspecified atom stereocenters. The van der Waals surface area contributed by atoms with Crippen molar-refractivity contribution in [1.29, 1.82) is 0 Å². The maximum absolute atomic E-state index is 7.52. The molecule has 2 saturated carbocycles. The Morgan fingerprint density at radius 1 is 1.05 bits per heavy atom. The van der Waals surface area contributed by atoms with Crippen LogP contribution in [0.15, 0.2) is 12.2 Å². The average molecular weight is 599 g/mol. The normalized spacial score (nSPS) is 44.3. The van der Waals surface area contributed by atoms with Crippen LogP contribution in [0.2, 0.25) is 50.4 Å². The predicted octanol–water partition coefficient (Wildman–Crippen LogP) is 6.48. The molecule has 4 fully saturated rings. The van der Waals surface area contributed by atoms with Crippen LogP contribution in [0.1, 0.15) is 51.9 Å². The van der Waals surface area contributed by atoms with E-state index in [-0.39, 0.29) is 5.41 Å². The number of rotatable bonds is 8. The molecule has 10 heteroatoms. The Labute approximate surface area is 237 Å². The largest absolute Gasteiger partial charge is 0.439 e. The summed E-state index contributed by atoms with van der Waals surface area (Å²) >= 11 is 0. The van der Waals surface area contributed by atoms with Crippen LogP contribution in [0.3, 0.4) is 0 Å². The lowest BCUT2D eigenvalue weighted by Gasteiger charge is -2.47. The number of hydrogen-bond donors (Lipinski definition) is 0. The molecule has 0 aromatic heterocycles. The number of hydrogen-bond acceptors (Lipinski definition) is 6. The highest BCUT2D eigenvalue weighted by Crippen LogP contribution is 2.64. The van der Waals surface area contributed by atoms with E-state index in [0.29, 0.717) is 5.54 Å². The molecule has 3 aliphatic carbocycles. The number of fused-ring (bicyclic) bond motifs is 5. The Kier molecular flexibility index (Phi) is 9.37. The second kappa shape index (κ2) is 11.9. The van der Waals surface area contributed by atoms with Gasteiger partial charge in [-0.05, 0) is 107 Å². The average Bonchev–Trinajstić information content (AvgIpc) is 3.53. The van der Waals surface area contributed by atoms with E-state index in [1.165, 1.54) is 31.7 Å². The van der Waals surface area contributed by atoms with Gasteiger partial charge >= 0.3 is 25.7 Å². The van der Waals surface area contributed by atoms with E-state index in [9.17, 15) is 0 Å². The molecule has 0 aromatic rings. The van der Waals surface area contributed by atoms with Gasteiger partial charge in [-0.3, -0.25) is 0 Å². The van der Waals surface area contributed by atoms with Crippen molar-refractivity contribution in [3.05, 3.63) is 12.2 Å². The van der Waals surface area contributed by atoms with Crippen LogP contribution >= 0.6 is 0 Å². The van der Waals surface area contributed by atoms with Crippen molar-refractivity contribution in [2.75, 3.05) is 33.0 Å². The van der Waals surface area contributed by atoms with Gasteiger partial charge in [-0.1, -0.05) is 25.5 Å². The molecule has 2 aliphatic heterocycles. The molecule has 0 N–H and O–H groups in total. The number of ether oxygens (including phenoxy) is 2. The first-order valence-corrected chi connectivity index (χ1v) is 25.8. The fourth-order valence-electron chi connectivity index (χ4n) is 8.32. The van der Waals surface area contributed by atoms with Crippen LogP contribution in [-0.4, -0.2) is 67.8 Å². The highest BCUT2D eigenvalue weighted by atomic mass is 28.5. The Morgan fingerprint density at radius 2 is 1.87 bits per heavy atom. The van der Waals surface area contributed by atoms with Gasteiger partial charge in [0, 0.05) is 24.2 Å². The summed E-state index contributed by atoms with van der Waals surface area (Å²) in [7, 11) is -8.68. The van der Waals surface area contributed by atoms with E-state index in [2.05, 4.69) is 51.8 Å². The summed E-state index contributed by atoms with van der Waals surface area (Å²) in [6, 6.07) is 2.17. The third kappa shape index (κ3) is 6.55. The Balaban J connectivity index is 1.31. The van der Waals surface area contributed by atoms with Crippen molar-refractivity contribution in [2.24, 2.45) is 29.1 Å². The molecule has 0 spiro atoms. The van der Waals surface area contributed by atoms with Gasteiger partial charge in [-0.15, -0.1) is 0 Å². The molecule has 5 aliphatic rings. The second-order valence-corrected chi connectivity index (χ2v) is 27.3. The fourth-order valence-corrected chi connectivity index (χ4v) is 27.3. The van der Waals surface area contributed by atoms with E-state index in [1.54, 1.807) is 0 Å². The molecule has 2 heterocycles. The Hall–Kier alpha value is 0.368. The van der Waals surface area contributed by atoms with Gasteiger partial charge in [0.1, 0.15) is 0 Å². The summed E-state index contributed by atoms with van der Waals surface area (Å²) < 4.78 is 40.0. The zero-order valence-electron chi connectivity index (χ0n) is 25.0. The van der Waals surface area contributed by atoms with Gasteiger partial charge in [0.25, 0.3) is 0 Å². The molecule has 0 aromatic carbocycles. The van der Waals surface area contributed by atoms with Crippen molar-refractivity contribution in [3.63, 3.8) is 0 Å². The number of allylic oxidation sites excluding steroid dienone is 2. The first-order valence-electron chi connectivity index (χ1n) is 15.6. The summed E-state index contributed by atoms with van der Waals surface area (Å²) in [5.41, 5.74) is 0.839. The molecule has 2 saturated heterocycles. The molecule has 2 bridgehead atoms. The van der Waals surface area contributed by atoms with Gasteiger partial charge in [0.2, 0.25) is 0 Å². The molecule has 6 nitrogen and oxygen atoms in total. The third-order valence-corrected chi connectivity index (χ3v) is 26.3. The van der Waals surface area contributed by atoms with E-state index in [0.717, 1.165) is 82.0 Å².